The zero-order valence-electron chi connectivity index (χ0n) is 18.4. The van der Waals surface area contributed by atoms with Gasteiger partial charge in [0.15, 0.2) is 0 Å². The Bertz CT molecular complexity index is 1100. The first-order chi connectivity index (χ1) is 15.1. The van der Waals surface area contributed by atoms with Gasteiger partial charge in [-0.1, -0.05) is 55.3 Å². The van der Waals surface area contributed by atoms with Gasteiger partial charge in [-0.2, -0.15) is 4.31 Å². The molecule has 2 aromatic rings. The first-order valence-corrected chi connectivity index (χ1v) is 12.3. The number of aryl methyl sites for hydroxylation is 1. The van der Waals surface area contributed by atoms with Crippen molar-refractivity contribution in [3.05, 3.63) is 64.7 Å². The van der Waals surface area contributed by atoms with Crippen LogP contribution in [0.15, 0.2) is 53.4 Å². The molecule has 32 heavy (non-hydrogen) atoms. The molecule has 2 aromatic carbocycles. The molecule has 9 heteroatoms. The quantitative estimate of drug-likeness (QED) is 0.693. The fourth-order valence-electron chi connectivity index (χ4n) is 3.66. The molecule has 1 heterocycles. The van der Waals surface area contributed by atoms with Crippen LogP contribution in [-0.2, 0) is 14.8 Å². The van der Waals surface area contributed by atoms with Gasteiger partial charge in [0.05, 0.1) is 5.02 Å². The highest BCUT2D eigenvalue weighted by Crippen LogP contribution is 2.25. The van der Waals surface area contributed by atoms with E-state index in [0.717, 1.165) is 5.56 Å². The number of piperazine rings is 1. The minimum atomic E-state index is -3.74. The van der Waals surface area contributed by atoms with Gasteiger partial charge in [-0.3, -0.25) is 9.59 Å². The number of benzene rings is 2. The van der Waals surface area contributed by atoms with Crippen molar-refractivity contribution in [2.45, 2.75) is 31.7 Å². The van der Waals surface area contributed by atoms with Crippen LogP contribution in [0.4, 0.5) is 0 Å². The molecule has 1 aliphatic rings. The molecule has 0 spiro atoms. The van der Waals surface area contributed by atoms with E-state index >= 15 is 0 Å². The molecule has 0 unspecified atom stereocenters. The lowest BCUT2D eigenvalue weighted by atomic mass is 10.0. The number of hydrogen-bond acceptors (Lipinski definition) is 4. The average molecular weight is 478 g/mol. The van der Waals surface area contributed by atoms with E-state index in [9.17, 15) is 18.0 Å². The van der Waals surface area contributed by atoms with Crippen molar-refractivity contribution in [1.82, 2.24) is 14.5 Å². The second-order valence-electron chi connectivity index (χ2n) is 8.22. The predicted octanol–water partition coefficient (Wildman–Crippen LogP) is 2.94. The first kappa shape index (κ1) is 24.2. The summed E-state index contributed by atoms with van der Waals surface area (Å²) in [6.45, 7) is 6.45. The monoisotopic (exact) mass is 477 g/mol. The predicted molar refractivity (Wildman–Crippen MR) is 124 cm³/mol. The maximum absolute atomic E-state index is 13.2. The minimum absolute atomic E-state index is 0.0620. The van der Waals surface area contributed by atoms with Gasteiger partial charge in [0.1, 0.15) is 10.9 Å². The summed E-state index contributed by atoms with van der Waals surface area (Å²) < 4.78 is 27.2. The minimum Gasteiger partial charge on any atom is -0.340 e. The molecular formula is C23H28ClN3O4S. The van der Waals surface area contributed by atoms with Gasteiger partial charge in [0.25, 0.3) is 5.91 Å². The normalized spacial score (nSPS) is 16.1. The van der Waals surface area contributed by atoms with Crippen LogP contribution in [0.2, 0.25) is 5.02 Å². The Balaban J connectivity index is 1.67. The number of nitrogens with one attached hydrogen (secondary N) is 1. The molecule has 172 valence electrons. The van der Waals surface area contributed by atoms with E-state index in [0.29, 0.717) is 5.56 Å². The van der Waals surface area contributed by atoms with Crippen molar-refractivity contribution in [3.63, 3.8) is 0 Å². The molecular weight excluding hydrogens is 450 g/mol. The van der Waals surface area contributed by atoms with E-state index in [1.807, 2.05) is 26.8 Å². The van der Waals surface area contributed by atoms with Crippen molar-refractivity contribution in [3.8, 4) is 0 Å². The average Bonchev–Trinajstić information content (AvgIpc) is 2.77. The Hall–Kier alpha value is -2.42. The SMILES string of the molecule is Cc1cccc(C(=O)N[C@H](C(=O)N2CCN(S(=O)(=O)c3ccccc3Cl)CC2)C(C)C)c1. The molecule has 0 radical (unpaired) electrons. The van der Waals surface area contributed by atoms with Gasteiger partial charge in [-0.05, 0) is 37.1 Å². The topological polar surface area (TPSA) is 86.8 Å². The maximum Gasteiger partial charge on any atom is 0.251 e. The highest BCUT2D eigenvalue weighted by atomic mass is 35.5. The van der Waals surface area contributed by atoms with Crippen LogP contribution >= 0.6 is 11.6 Å². The smallest absolute Gasteiger partial charge is 0.251 e. The number of halogens is 1. The molecule has 0 aromatic heterocycles. The van der Waals surface area contributed by atoms with Crippen LogP contribution in [0, 0.1) is 12.8 Å². The van der Waals surface area contributed by atoms with Gasteiger partial charge in [-0.15, -0.1) is 0 Å². The van der Waals surface area contributed by atoms with E-state index in [1.54, 1.807) is 41.3 Å². The van der Waals surface area contributed by atoms with Crippen LogP contribution in [0.25, 0.3) is 0 Å². The Morgan fingerprint density at radius 2 is 1.66 bits per heavy atom. The van der Waals surface area contributed by atoms with Crippen molar-refractivity contribution < 1.29 is 18.0 Å². The molecule has 1 atom stereocenters. The number of amides is 2. The van der Waals surface area contributed by atoms with Crippen LogP contribution < -0.4 is 5.32 Å². The van der Waals surface area contributed by atoms with Gasteiger partial charge in [0, 0.05) is 31.7 Å². The van der Waals surface area contributed by atoms with Gasteiger partial charge in [0.2, 0.25) is 15.9 Å². The van der Waals surface area contributed by atoms with Crippen molar-refractivity contribution >= 4 is 33.4 Å². The Morgan fingerprint density at radius 3 is 2.25 bits per heavy atom. The Morgan fingerprint density at radius 1 is 1.00 bits per heavy atom. The largest absolute Gasteiger partial charge is 0.340 e. The van der Waals surface area contributed by atoms with Crippen LogP contribution in [-0.4, -0.2) is 61.7 Å². The second kappa shape index (κ2) is 10.0. The zero-order chi connectivity index (χ0) is 23.5. The summed E-state index contributed by atoms with van der Waals surface area (Å²) in [7, 11) is -3.74. The van der Waals surface area contributed by atoms with E-state index in [2.05, 4.69) is 5.32 Å². The molecule has 7 nitrogen and oxygen atoms in total. The van der Waals surface area contributed by atoms with Crippen molar-refractivity contribution in [2.24, 2.45) is 5.92 Å². The lowest BCUT2D eigenvalue weighted by Gasteiger charge is -2.36. The van der Waals surface area contributed by atoms with Crippen molar-refractivity contribution in [2.75, 3.05) is 26.2 Å². The fraction of sp³-hybridized carbons (Fsp3) is 0.391. The lowest BCUT2D eigenvalue weighted by molar-refractivity contribution is -0.135. The zero-order valence-corrected chi connectivity index (χ0v) is 20.0. The summed E-state index contributed by atoms with van der Waals surface area (Å²) in [6, 6.07) is 12.8. The van der Waals surface area contributed by atoms with Gasteiger partial charge >= 0.3 is 0 Å². The number of sulfonamides is 1. The number of nitrogens with zero attached hydrogens (tertiary/aromatic N) is 2. The summed E-state index contributed by atoms with van der Waals surface area (Å²) >= 11 is 6.08. The first-order valence-electron chi connectivity index (χ1n) is 10.5. The summed E-state index contributed by atoms with van der Waals surface area (Å²) in [6.07, 6.45) is 0. The van der Waals surface area contributed by atoms with E-state index in [1.165, 1.54) is 10.4 Å². The summed E-state index contributed by atoms with van der Waals surface area (Å²) in [4.78, 5) is 27.5. The molecule has 0 bridgehead atoms. The highest BCUT2D eigenvalue weighted by Gasteiger charge is 2.34. The molecule has 1 saturated heterocycles. The third-order valence-electron chi connectivity index (χ3n) is 5.50. The van der Waals surface area contributed by atoms with E-state index < -0.39 is 16.1 Å². The van der Waals surface area contributed by atoms with Crippen LogP contribution in [0.5, 0.6) is 0 Å². The second-order valence-corrected chi connectivity index (χ2v) is 10.5. The van der Waals surface area contributed by atoms with Crippen LogP contribution in [0.1, 0.15) is 29.8 Å². The molecule has 1 fully saturated rings. The third-order valence-corrected chi connectivity index (χ3v) is 7.90. The lowest BCUT2D eigenvalue weighted by Crippen LogP contribution is -2.57. The summed E-state index contributed by atoms with van der Waals surface area (Å²) in [5, 5.41) is 3.02. The molecule has 2 amide bonds. The summed E-state index contributed by atoms with van der Waals surface area (Å²) in [5.74, 6) is -0.641. The number of hydrogen-bond donors (Lipinski definition) is 1. The highest BCUT2D eigenvalue weighted by molar-refractivity contribution is 7.89. The van der Waals surface area contributed by atoms with Gasteiger partial charge in [-0.25, -0.2) is 8.42 Å². The molecule has 1 aliphatic heterocycles. The number of carbonyl (C=O) groups is 2. The molecule has 0 saturated carbocycles. The fourth-order valence-corrected chi connectivity index (χ4v) is 5.58. The Labute approximate surface area is 194 Å². The number of rotatable bonds is 6. The maximum atomic E-state index is 13.2. The molecule has 0 aliphatic carbocycles. The Kier molecular flexibility index (Phi) is 7.59. The van der Waals surface area contributed by atoms with E-state index in [-0.39, 0.29) is 53.8 Å². The van der Waals surface area contributed by atoms with E-state index in [4.69, 9.17) is 11.6 Å². The molecule has 3 rings (SSSR count). The molecule has 1 N–H and O–H groups in total. The standard InChI is InChI=1S/C23H28ClN3O4S/c1-16(2)21(25-22(28)18-8-6-7-17(3)15-18)23(29)26-11-13-27(14-12-26)32(30,31)20-10-5-4-9-19(20)24/h4-10,15-16,21H,11-14H2,1-3H3,(H,25,28)/t21-/m0/s1. The summed E-state index contributed by atoms with van der Waals surface area (Å²) in [5.41, 5.74) is 1.46. The van der Waals surface area contributed by atoms with Crippen molar-refractivity contribution in [1.29, 1.82) is 0 Å². The number of carbonyl (C=O) groups excluding carboxylic acids is 2. The third kappa shape index (κ3) is 5.31. The van der Waals surface area contributed by atoms with Gasteiger partial charge < -0.3 is 10.2 Å². The van der Waals surface area contributed by atoms with Crippen LogP contribution in [0.3, 0.4) is 0 Å².